The molecule has 21 heavy (non-hydrogen) atoms. The SMILES string of the molecule is CC1COC(CO)CN1CCC(=O)Nc1ccc(F)cc1. The highest BCUT2D eigenvalue weighted by Crippen LogP contribution is 2.13. The van der Waals surface area contributed by atoms with Gasteiger partial charge in [0.05, 0.1) is 19.3 Å². The molecule has 1 heterocycles. The van der Waals surface area contributed by atoms with Gasteiger partial charge in [-0.2, -0.15) is 0 Å². The van der Waals surface area contributed by atoms with Crippen molar-refractivity contribution in [3.63, 3.8) is 0 Å². The van der Waals surface area contributed by atoms with E-state index in [1.807, 2.05) is 6.92 Å². The molecule has 1 aromatic carbocycles. The fourth-order valence-corrected chi connectivity index (χ4v) is 2.30. The van der Waals surface area contributed by atoms with Gasteiger partial charge >= 0.3 is 0 Å². The predicted octanol–water partition coefficient (Wildman–Crippen LogP) is 1.24. The zero-order valence-corrected chi connectivity index (χ0v) is 12.1. The molecule has 2 rings (SSSR count). The minimum absolute atomic E-state index is 0.00893. The smallest absolute Gasteiger partial charge is 0.225 e. The molecule has 1 amide bonds. The molecule has 0 spiro atoms. The van der Waals surface area contributed by atoms with E-state index in [2.05, 4.69) is 10.2 Å². The number of amides is 1. The van der Waals surface area contributed by atoms with Crippen LogP contribution in [0.15, 0.2) is 24.3 Å². The molecule has 116 valence electrons. The van der Waals surface area contributed by atoms with Crippen LogP contribution in [-0.2, 0) is 9.53 Å². The lowest BCUT2D eigenvalue weighted by Crippen LogP contribution is -2.50. The van der Waals surface area contributed by atoms with Gasteiger partial charge in [0.1, 0.15) is 5.82 Å². The Morgan fingerprint density at radius 3 is 2.86 bits per heavy atom. The maximum atomic E-state index is 12.8. The number of carbonyl (C=O) groups is 1. The number of carbonyl (C=O) groups excluding carboxylic acids is 1. The van der Waals surface area contributed by atoms with Crippen molar-refractivity contribution in [1.82, 2.24) is 4.90 Å². The van der Waals surface area contributed by atoms with E-state index in [0.717, 1.165) is 0 Å². The Balaban J connectivity index is 1.78. The summed E-state index contributed by atoms with van der Waals surface area (Å²) in [6, 6.07) is 5.92. The number of nitrogens with one attached hydrogen (secondary N) is 1. The van der Waals surface area contributed by atoms with Crippen molar-refractivity contribution >= 4 is 11.6 Å². The summed E-state index contributed by atoms with van der Waals surface area (Å²) in [4.78, 5) is 14.0. The minimum atomic E-state index is -0.329. The zero-order valence-electron chi connectivity index (χ0n) is 12.1. The average molecular weight is 296 g/mol. The summed E-state index contributed by atoms with van der Waals surface area (Å²) in [6.07, 6.45) is 0.168. The summed E-state index contributed by atoms with van der Waals surface area (Å²) >= 11 is 0. The van der Waals surface area contributed by atoms with Gasteiger partial charge in [-0.1, -0.05) is 0 Å². The number of rotatable bonds is 5. The van der Waals surface area contributed by atoms with E-state index < -0.39 is 0 Å². The highest BCUT2D eigenvalue weighted by molar-refractivity contribution is 5.90. The Kier molecular flexibility index (Phi) is 5.67. The summed E-state index contributed by atoms with van der Waals surface area (Å²) < 4.78 is 18.2. The molecule has 0 radical (unpaired) electrons. The van der Waals surface area contributed by atoms with Crippen LogP contribution >= 0.6 is 0 Å². The van der Waals surface area contributed by atoms with Crippen molar-refractivity contribution in [2.75, 3.05) is 31.6 Å². The van der Waals surface area contributed by atoms with Gasteiger partial charge in [0.15, 0.2) is 0 Å². The first kappa shape index (κ1) is 15.9. The van der Waals surface area contributed by atoms with E-state index in [4.69, 9.17) is 9.84 Å². The van der Waals surface area contributed by atoms with Gasteiger partial charge in [0.2, 0.25) is 5.91 Å². The van der Waals surface area contributed by atoms with E-state index in [9.17, 15) is 9.18 Å². The third-order valence-corrected chi connectivity index (χ3v) is 3.59. The zero-order chi connectivity index (χ0) is 15.2. The van der Waals surface area contributed by atoms with E-state index in [1.165, 1.54) is 24.3 Å². The maximum Gasteiger partial charge on any atom is 0.225 e. The Hall–Kier alpha value is -1.50. The number of ether oxygens (including phenoxy) is 1. The molecule has 2 atom stereocenters. The van der Waals surface area contributed by atoms with Gasteiger partial charge in [0.25, 0.3) is 0 Å². The van der Waals surface area contributed by atoms with Crippen LogP contribution in [0.25, 0.3) is 0 Å². The predicted molar refractivity (Wildman–Crippen MR) is 77.5 cm³/mol. The van der Waals surface area contributed by atoms with Gasteiger partial charge in [-0.3, -0.25) is 9.69 Å². The first-order valence-corrected chi connectivity index (χ1v) is 7.10. The van der Waals surface area contributed by atoms with E-state index >= 15 is 0 Å². The lowest BCUT2D eigenvalue weighted by molar-refractivity contribution is -0.118. The molecule has 0 aliphatic carbocycles. The summed E-state index contributed by atoms with van der Waals surface area (Å²) in [7, 11) is 0. The van der Waals surface area contributed by atoms with Gasteiger partial charge in [-0.05, 0) is 31.2 Å². The average Bonchev–Trinajstić information content (AvgIpc) is 2.49. The number of hydrogen-bond acceptors (Lipinski definition) is 4. The minimum Gasteiger partial charge on any atom is -0.394 e. The number of nitrogens with zero attached hydrogens (tertiary/aromatic N) is 1. The summed E-state index contributed by atoms with van der Waals surface area (Å²) in [5.74, 6) is -0.439. The van der Waals surface area contributed by atoms with Crippen molar-refractivity contribution in [2.45, 2.75) is 25.5 Å². The first-order chi connectivity index (χ1) is 10.1. The second-order valence-corrected chi connectivity index (χ2v) is 5.29. The number of hydrogen-bond donors (Lipinski definition) is 2. The molecule has 2 unspecified atom stereocenters. The second kappa shape index (κ2) is 7.49. The van der Waals surface area contributed by atoms with E-state index in [-0.39, 0.29) is 30.5 Å². The number of anilines is 1. The third kappa shape index (κ3) is 4.77. The molecular weight excluding hydrogens is 275 g/mol. The molecule has 1 aliphatic heterocycles. The molecule has 0 saturated carbocycles. The van der Waals surface area contributed by atoms with Crippen molar-refractivity contribution in [1.29, 1.82) is 0 Å². The van der Waals surface area contributed by atoms with Crippen molar-refractivity contribution in [2.24, 2.45) is 0 Å². The summed E-state index contributed by atoms with van der Waals surface area (Å²) in [5.41, 5.74) is 0.588. The Bertz CT molecular complexity index is 466. The Morgan fingerprint density at radius 2 is 2.19 bits per heavy atom. The quantitative estimate of drug-likeness (QED) is 0.858. The van der Waals surface area contributed by atoms with E-state index in [1.54, 1.807) is 0 Å². The standard InChI is InChI=1S/C15H21FN2O3/c1-11-10-21-14(9-19)8-18(11)7-6-15(20)17-13-4-2-12(16)3-5-13/h2-5,11,14,19H,6-10H2,1H3,(H,17,20). The van der Waals surface area contributed by atoms with Crippen molar-refractivity contribution in [3.8, 4) is 0 Å². The number of aliphatic hydroxyl groups is 1. The molecule has 0 bridgehead atoms. The normalized spacial score (nSPS) is 23.0. The van der Waals surface area contributed by atoms with Crippen molar-refractivity contribution in [3.05, 3.63) is 30.1 Å². The van der Waals surface area contributed by atoms with Crippen LogP contribution in [0.4, 0.5) is 10.1 Å². The number of morpholine rings is 1. The lowest BCUT2D eigenvalue weighted by atomic mass is 10.2. The van der Waals surface area contributed by atoms with Crippen LogP contribution in [0.5, 0.6) is 0 Å². The monoisotopic (exact) mass is 296 g/mol. The van der Waals surface area contributed by atoms with Crippen molar-refractivity contribution < 1.29 is 19.0 Å². The Labute approximate surface area is 123 Å². The topological polar surface area (TPSA) is 61.8 Å². The molecule has 1 aliphatic rings. The number of aliphatic hydroxyl groups excluding tert-OH is 1. The highest BCUT2D eigenvalue weighted by Gasteiger charge is 2.25. The third-order valence-electron chi connectivity index (χ3n) is 3.59. The largest absolute Gasteiger partial charge is 0.394 e. The van der Waals surface area contributed by atoms with Gasteiger partial charge < -0.3 is 15.2 Å². The van der Waals surface area contributed by atoms with Crippen LogP contribution in [0.2, 0.25) is 0 Å². The van der Waals surface area contributed by atoms with Gasteiger partial charge in [0, 0.05) is 31.2 Å². The molecule has 5 nitrogen and oxygen atoms in total. The van der Waals surface area contributed by atoms with Crippen LogP contribution in [0, 0.1) is 5.82 Å². The fraction of sp³-hybridized carbons (Fsp3) is 0.533. The second-order valence-electron chi connectivity index (χ2n) is 5.29. The molecular formula is C15H21FN2O3. The van der Waals surface area contributed by atoms with Crippen LogP contribution in [-0.4, -0.2) is 54.4 Å². The van der Waals surface area contributed by atoms with Gasteiger partial charge in [-0.25, -0.2) is 4.39 Å². The first-order valence-electron chi connectivity index (χ1n) is 7.10. The van der Waals surface area contributed by atoms with Crippen LogP contribution in [0.3, 0.4) is 0 Å². The van der Waals surface area contributed by atoms with Gasteiger partial charge in [-0.15, -0.1) is 0 Å². The number of halogens is 1. The summed E-state index contributed by atoms with van der Waals surface area (Å²) in [6.45, 7) is 3.82. The Morgan fingerprint density at radius 1 is 1.48 bits per heavy atom. The molecule has 0 aromatic heterocycles. The van der Waals surface area contributed by atoms with E-state index in [0.29, 0.717) is 31.8 Å². The highest BCUT2D eigenvalue weighted by atomic mass is 19.1. The number of benzene rings is 1. The molecule has 2 N–H and O–H groups in total. The summed E-state index contributed by atoms with van der Waals surface area (Å²) in [5, 5.41) is 11.9. The van der Waals surface area contributed by atoms with Crippen LogP contribution in [0.1, 0.15) is 13.3 Å². The maximum absolute atomic E-state index is 12.8. The molecule has 1 fully saturated rings. The fourth-order valence-electron chi connectivity index (χ4n) is 2.30. The molecule has 1 saturated heterocycles. The molecule has 6 heteroatoms. The lowest BCUT2D eigenvalue weighted by Gasteiger charge is -2.37. The molecule has 1 aromatic rings. The van der Waals surface area contributed by atoms with Crippen LogP contribution < -0.4 is 5.32 Å².